The van der Waals surface area contributed by atoms with Crippen molar-refractivity contribution in [1.82, 2.24) is 10.2 Å². The minimum absolute atomic E-state index is 0.252. The molecule has 0 bridgehead atoms. The van der Waals surface area contributed by atoms with Gasteiger partial charge in [0.1, 0.15) is 0 Å². The molecule has 1 atom stereocenters. The molecule has 1 aliphatic carbocycles. The molecule has 1 N–H and O–H groups in total. The molecule has 1 saturated heterocycles. The summed E-state index contributed by atoms with van der Waals surface area (Å²) in [4.78, 5) is 17.3. The van der Waals surface area contributed by atoms with E-state index < -0.39 is 0 Å². The number of fused-ring (bicyclic) bond motifs is 1. The first-order chi connectivity index (χ1) is 10.3. The third kappa shape index (κ3) is 3.49. The first-order valence-corrected chi connectivity index (χ1v) is 9.21. The van der Waals surface area contributed by atoms with E-state index >= 15 is 0 Å². The summed E-state index contributed by atoms with van der Waals surface area (Å²) in [5, 5.41) is 3.45. The van der Waals surface area contributed by atoms with Crippen LogP contribution in [0.15, 0.2) is 6.07 Å². The molecule has 2 aliphatic rings. The quantitative estimate of drug-likeness (QED) is 0.927. The Bertz CT molecular complexity index is 467. The minimum Gasteiger partial charge on any atom is -0.338 e. The van der Waals surface area contributed by atoms with Crippen LogP contribution in [0.25, 0.3) is 0 Å². The van der Waals surface area contributed by atoms with E-state index in [-0.39, 0.29) is 5.91 Å². The third-order valence-corrected chi connectivity index (χ3v) is 5.98. The second-order valence-corrected chi connectivity index (χ2v) is 7.46. The van der Waals surface area contributed by atoms with Crippen LogP contribution in [0.4, 0.5) is 0 Å². The Morgan fingerprint density at radius 1 is 1.38 bits per heavy atom. The highest BCUT2D eigenvalue weighted by Crippen LogP contribution is 2.30. The van der Waals surface area contributed by atoms with Gasteiger partial charge in [-0.1, -0.05) is 0 Å². The van der Waals surface area contributed by atoms with Gasteiger partial charge in [-0.05, 0) is 76.1 Å². The van der Waals surface area contributed by atoms with Crippen molar-refractivity contribution in [3.05, 3.63) is 21.4 Å². The highest BCUT2D eigenvalue weighted by molar-refractivity contribution is 7.14. The first kappa shape index (κ1) is 15.0. The highest BCUT2D eigenvalue weighted by Gasteiger charge is 2.23. The zero-order valence-corrected chi connectivity index (χ0v) is 13.8. The molecule has 0 spiro atoms. The van der Waals surface area contributed by atoms with Crippen LogP contribution >= 0.6 is 11.3 Å². The van der Waals surface area contributed by atoms with Crippen molar-refractivity contribution in [3.63, 3.8) is 0 Å². The molecular formula is C17H26N2OS. The third-order valence-electron chi connectivity index (χ3n) is 4.75. The fraction of sp³-hybridized carbons (Fsp3) is 0.706. The lowest BCUT2D eigenvalue weighted by molar-refractivity contribution is 0.0734. The van der Waals surface area contributed by atoms with Crippen LogP contribution in [-0.4, -0.2) is 37.0 Å². The Hall–Kier alpha value is -0.870. The SMILES string of the molecule is CCN(CC1CCCNC1)C(=O)c1cc2c(s1)CCCC2. The monoisotopic (exact) mass is 306 g/mol. The van der Waals surface area contributed by atoms with E-state index in [9.17, 15) is 4.79 Å². The van der Waals surface area contributed by atoms with E-state index in [1.807, 2.05) is 0 Å². The maximum Gasteiger partial charge on any atom is 0.263 e. The molecule has 116 valence electrons. The standard InChI is InChI=1S/C17H26N2OS/c1-2-19(12-13-6-5-9-18-11-13)17(20)16-10-14-7-3-4-8-15(14)21-16/h10,13,18H,2-9,11-12H2,1H3. The molecule has 4 heteroatoms. The molecule has 1 aromatic rings. The average Bonchev–Trinajstić information content (AvgIpc) is 2.97. The molecule has 0 saturated carbocycles. The molecule has 1 aromatic heterocycles. The summed E-state index contributed by atoms with van der Waals surface area (Å²) < 4.78 is 0. The summed E-state index contributed by atoms with van der Waals surface area (Å²) in [6.45, 7) is 6.02. The topological polar surface area (TPSA) is 32.3 Å². The summed E-state index contributed by atoms with van der Waals surface area (Å²) in [7, 11) is 0. The Kier molecular flexibility index (Phi) is 4.96. The largest absolute Gasteiger partial charge is 0.338 e. The van der Waals surface area contributed by atoms with Crippen molar-refractivity contribution in [2.45, 2.75) is 45.4 Å². The molecule has 3 rings (SSSR count). The number of piperidine rings is 1. The van der Waals surface area contributed by atoms with Gasteiger partial charge < -0.3 is 10.2 Å². The molecule has 1 unspecified atom stereocenters. The number of aryl methyl sites for hydroxylation is 2. The van der Waals surface area contributed by atoms with E-state index in [1.165, 1.54) is 42.5 Å². The van der Waals surface area contributed by atoms with Crippen LogP contribution in [0, 0.1) is 5.92 Å². The first-order valence-electron chi connectivity index (χ1n) is 8.39. The number of carbonyl (C=O) groups is 1. The molecule has 0 radical (unpaired) electrons. The fourth-order valence-electron chi connectivity index (χ4n) is 3.50. The Morgan fingerprint density at radius 3 is 2.95 bits per heavy atom. The second kappa shape index (κ2) is 6.93. The molecule has 0 aromatic carbocycles. The number of amides is 1. The predicted molar refractivity (Wildman–Crippen MR) is 88.1 cm³/mol. The van der Waals surface area contributed by atoms with E-state index in [0.29, 0.717) is 5.92 Å². The van der Waals surface area contributed by atoms with Crippen LogP contribution in [-0.2, 0) is 12.8 Å². The number of nitrogens with one attached hydrogen (secondary N) is 1. The minimum atomic E-state index is 0.252. The fourth-order valence-corrected chi connectivity index (χ4v) is 4.72. The van der Waals surface area contributed by atoms with Crippen molar-refractivity contribution < 1.29 is 4.79 Å². The summed E-state index contributed by atoms with van der Waals surface area (Å²) in [5.74, 6) is 0.875. The van der Waals surface area contributed by atoms with Crippen LogP contribution in [0.5, 0.6) is 0 Å². The van der Waals surface area contributed by atoms with Gasteiger partial charge in [0.05, 0.1) is 4.88 Å². The summed E-state index contributed by atoms with van der Waals surface area (Å²) in [6.07, 6.45) is 7.39. The van der Waals surface area contributed by atoms with Gasteiger partial charge in [0, 0.05) is 18.0 Å². The molecule has 2 heterocycles. The van der Waals surface area contributed by atoms with Gasteiger partial charge in [0.2, 0.25) is 0 Å². The number of hydrogen-bond donors (Lipinski definition) is 1. The molecule has 3 nitrogen and oxygen atoms in total. The summed E-state index contributed by atoms with van der Waals surface area (Å²) in [6, 6.07) is 2.17. The Labute approximate surface area is 131 Å². The highest BCUT2D eigenvalue weighted by atomic mass is 32.1. The zero-order valence-electron chi connectivity index (χ0n) is 13.0. The van der Waals surface area contributed by atoms with Crippen LogP contribution in [0.3, 0.4) is 0 Å². The number of thiophene rings is 1. The van der Waals surface area contributed by atoms with Crippen molar-refractivity contribution in [3.8, 4) is 0 Å². The van der Waals surface area contributed by atoms with Gasteiger partial charge in [-0.25, -0.2) is 0 Å². The van der Waals surface area contributed by atoms with Crippen molar-refractivity contribution in [1.29, 1.82) is 0 Å². The van der Waals surface area contributed by atoms with E-state index in [1.54, 1.807) is 11.3 Å². The van der Waals surface area contributed by atoms with E-state index in [4.69, 9.17) is 0 Å². The van der Waals surface area contributed by atoms with E-state index in [0.717, 1.165) is 37.5 Å². The molecule has 1 aliphatic heterocycles. The lowest BCUT2D eigenvalue weighted by Crippen LogP contribution is -2.40. The number of carbonyl (C=O) groups excluding carboxylic acids is 1. The normalized spacial score (nSPS) is 21.9. The molecule has 1 amide bonds. The van der Waals surface area contributed by atoms with Crippen LogP contribution in [0.1, 0.15) is 52.7 Å². The van der Waals surface area contributed by atoms with E-state index in [2.05, 4.69) is 23.2 Å². The maximum absolute atomic E-state index is 12.8. The van der Waals surface area contributed by atoms with Gasteiger partial charge in [-0.2, -0.15) is 0 Å². The second-order valence-electron chi connectivity index (χ2n) is 6.32. The van der Waals surface area contributed by atoms with Gasteiger partial charge in [-0.3, -0.25) is 4.79 Å². The number of hydrogen-bond acceptors (Lipinski definition) is 3. The van der Waals surface area contributed by atoms with Crippen molar-refractivity contribution in [2.75, 3.05) is 26.2 Å². The Morgan fingerprint density at radius 2 is 2.24 bits per heavy atom. The van der Waals surface area contributed by atoms with Gasteiger partial charge in [-0.15, -0.1) is 11.3 Å². The van der Waals surface area contributed by atoms with Crippen LogP contribution < -0.4 is 5.32 Å². The molecule has 21 heavy (non-hydrogen) atoms. The van der Waals surface area contributed by atoms with Crippen molar-refractivity contribution >= 4 is 17.2 Å². The van der Waals surface area contributed by atoms with Gasteiger partial charge in [0.25, 0.3) is 5.91 Å². The lowest BCUT2D eigenvalue weighted by Gasteiger charge is -2.29. The molecule has 1 fully saturated rings. The van der Waals surface area contributed by atoms with Crippen LogP contribution in [0.2, 0.25) is 0 Å². The van der Waals surface area contributed by atoms with Crippen molar-refractivity contribution in [2.24, 2.45) is 5.92 Å². The smallest absolute Gasteiger partial charge is 0.263 e. The summed E-state index contributed by atoms with van der Waals surface area (Å²) >= 11 is 1.74. The van der Waals surface area contributed by atoms with Gasteiger partial charge >= 0.3 is 0 Å². The number of rotatable bonds is 4. The number of nitrogens with zero attached hydrogens (tertiary/aromatic N) is 1. The molecular weight excluding hydrogens is 280 g/mol. The zero-order chi connectivity index (χ0) is 14.7. The average molecular weight is 306 g/mol. The lowest BCUT2D eigenvalue weighted by atomic mass is 9.98. The Balaban J connectivity index is 1.67. The maximum atomic E-state index is 12.8. The summed E-state index contributed by atoms with van der Waals surface area (Å²) in [5.41, 5.74) is 1.44. The predicted octanol–water partition coefficient (Wildman–Crippen LogP) is 3.09. The van der Waals surface area contributed by atoms with Gasteiger partial charge in [0.15, 0.2) is 0 Å².